The SMILES string of the molecule is CCCC(CC)c1cc(Br)c(C(=O)O)cc1S(C)(=O)=O. The molecule has 0 bridgehead atoms. The van der Waals surface area contributed by atoms with Crippen LogP contribution in [0.15, 0.2) is 21.5 Å². The molecule has 1 atom stereocenters. The second kappa shape index (κ2) is 6.72. The van der Waals surface area contributed by atoms with E-state index in [0.29, 0.717) is 10.0 Å². The summed E-state index contributed by atoms with van der Waals surface area (Å²) in [4.78, 5) is 11.3. The number of benzene rings is 1. The van der Waals surface area contributed by atoms with Gasteiger partial charge in [0.05, 0.1) is 10.5 Å². The fourth-order valence-corrected chi connectivity index (χ4v) is 3.82. The van der Waals surface area contributed by atoms with Gasteiger partial charge in [0, 0.05) is 10.7 Å². The molecule has 0 saturated carbocycles. The predicted molar refractivity (Wildman–Crippen MR) is 82.2 cm³/mol. The second-order valence-electron chi connectivity index (χ2n) is 4.84. The molecular weight excluding hydrogens is 344 g/mol. The number of hydrogen-bond donors (Lipinski definition) is 1. The summed E-state index contributed by atoms with van der Waals surface area (Å²) in [6.07, 6.45) is 3.75. The summed E-state index contributed by atoms with van der Waals surface area (Å²) < 4.78 is 24.3. The van der Waals surface area contributed by atoms with E-state index in [1.54, 1.807) is 6.07 Å². The van der Waals surface area contributed by atoms with Crippen LogP contribution in [-0.2, 0) is 9.84 Å². The van der Waals surface area contributed by atoms with Crippen molar-refractivity contribution in [3.8, 4) is 0 Å². The molecule has 1 rings (SSSR count). The lowest BCUT2D eigenvalue weighted by atomic mass is 9.91. The number of carbonyl (C=O) groups is 1. The quantitative estimate of drug-likeness (QED) is 0.834. The largest absolute Gasteiger partial charge is 0.478 e. The van der Waals surface area contributed by atoms with Crippen LogP contribution in [0.2, 0.25) is 0 Å². The summed E-state index contributed by atoms with van der Waals surface area (Å²) in [6.45, 7) is 4.05. The Kier molecular flexibility index (Phi) is 5.77. The van der Waals surface area contributed by atoms with E-state index in [4.69, 9.17) is 5.11 Å². The van der Waals surface area contributed by atoms with Crippen molar-refractivity contribution in [2.24, 2.45) is 0 Å². The lowest BCUT2D eigenvalue weighted by Gasteiger charge is -2.19. The molecule has 0 aliphatic rings. The standard InChI is InChI=1S/C14H19BrO4S/c1-4-6-9(5-2)10-7-12(15)11(14(16)17)8-13(10)20(3,18)19/h7-9H,4-6H2,1-3H3,(H,16,17). The van der Waals surface area contributed by atoms with Gasteiger partial charge in [0.1, 0.15) is 0 Å². The molecule has 0 fully saturated rings. The van der Waals surface area contributed by atoms with Gasteiger partial charge in [-0.3, -0.25) is 0 Å². The normalized spacial score (nSPS) is 13.2. The van der Waals surface area contributed by atoms with Crippen molar-refractivity contribution in [3.05, 3.63) is 27.7 Å². The fourth-order valence-electron chi connectivity index (χ4n) is 2.30. The van der Waals surface area contributed by atoms with Gasteiger partial charge in [0.2, 0.25) is 0 Å². The minimum atomic E-state index is -3.46. The number of aromatic carboxylic acids is 1. The Bertz CT molecular complexity index is 608. The first-order valence-electron chi connectivity index (χ1n) is 6.49. The number of sulfone groups is 1. The molecule has 4 nitrogen and oxygen atoms in total. The van der Waals surface area contributed by atoms with E-state index in [0.717, 1.165) is 25.5 Å². The first-order chi connectivity index (χ1) is 9.22. The van der Waals surface area contributed by atoms with E-state index < -0.39 is 15.8 Å². The number of carboxylic acids is 1. The van der Waals surface area contributed by atoms with Gasteiger partial charge in [-0.05, 0) is 52.4 Å². The highest BCUT2D eigenvalue weighted by atomic mass is 79.9. The molecule has 0 heterocycles. The molecule has 0 amide bonds. The molecule has 1 unspecified atom stereocenters. The molecule has 1 aromatic rings. The Hall–Kier alpha value is -0.880. The lowest BCUT2D eigenvalue weighted by Crippen LogP contribution is -2.10. The molecule has 112 valence electrons. The summed E-state index contributed by atoms with van der Waals surface area (Å²) in [5.74, 6) is -1.03. The molecule has 0 radical (unpaired) electrons. The van der Waals surface area contributed by atoms with E-state index >= 15 is 0 Å². The van der Waals surface area contributed by atoms with E-state index in [9.17, 15) is 13.2 Å². The molecule has 0 spiro atoms. The third-order valence-corrected chi connectivity index (χ3v) is 5.11. The highest BCUT2D eigenvalue weighted by Crippen LogP contribution is 2.34. The Morgan fingerprint density at radius 2 is 1.95 bits per heavy atom. The number of rotatable bonds is 6. The smallest absolute Gasteiger partial charge is 0.336 e. The van der Waals surface area contributed by atoms with Crippen LogP contribution in [0.25, 0.3) is 0 Å². The van der Waals surface area contributed by atoms with Crippen LogP contribution >= 0.6 is 15.9 Å². The van der Waals surface area contributed by atoms with Crippen LogP contribution in [0.1, 0.15) is 54.9 Å². The Balaban J connectivity index is 3.58. The van der Waals surface area contributed by atoms with E-state index in [1.165, 1.54) is 6.07 Å². The van der Waals surface area contributed by atoms with Crippen molar-refractivity contribution in [1.82, 2.24) is 0 Å². The van der Waals surface area contributed by atoms with Crippen molar-refractivity contribution < 1.29 is 18.3 Å². The van der Waals surface area contributed by atoms with Crippen LogP contribution in [0.4, 0.5) is 0 Å². The van der Waals surface area contributed by atoms with Crippen LogP contribution in [0, 0.1) is 0 Å². The molecule has 6 heteroatoms. The molecule has 0 aromatic heterocycles. The zero-order valence-corrected chi connectivity index (χ0v) is 14.2. The zero-order chi connectivity index (χ0) is 15.5. The van der Waals surface area contributed by atoms with Crippen molar-refractivity contribution in [2.45, 2.75) is 43.9 Å². The highest BCUT2D eigenvalue weighted by Gasteiger charge is 2.23. The van der Waals surface area contributed by atoms with Crippen LogP contribution in [0.3, 0.4) is 0 Å². The summed E-state index contributed by atoms with van der Waals surface area (Å²) in [6, 6.07) is 2.90. The topological polar surface area (TPSA) is 71.4 Å². The molecule has 1 N–H and O–H groups in total. The molecule has 0 aliphatic carbocycles. The minimum Gasteiger partial charge on any atom is -0.478 e. The second-order valence-corrected chi connectivity index (χ2v) is 7.68. The first kappa shape index (κ1) is 17.2. The summed E-state index contributed by atoms with van der Waals surface area (Å²) in [7, 11) is -3.46. The fraction of sp³-hybridized carbons (Fsp3) is 0.500. The van der Waals surface area contributed by atoms with Crippen molar-refractivity contribution in [1.29, 1.82) is 0 Å². The molecule has 20 heavy (non-hydrogen) atoms. The third-order valence-electron chi connectivity index (χ3n) is 3.30. The van der Waals surface area contributed by atoms with Crippen molar-refractivity contribution in [2.75, 3.05) is 6.26 Å². The van der Waals surface area contributed by atoms with Gasteiger partial charge in [0.25, 0.3) is 0 Å². The van der Waals surface area contributed by atoms with Gasteiger partial charge in [-0.25, -0.2) is 13.2 Å². The van der Waals surface area contributed by atoms with Crippen molar-refractivity contribution in [3.63, 3.8) is 0 Å². The first-order valence-corrected chi connectivity index (χ1v) is 9.17. The maximum Gasteiger partial charge on any atom is 0.336 e. The molecule has 1 aromatic carbocycles. The van der Waals surface area contributed by atoms with Crippen LogP contribution in [0.5, 0.6) is 0 Å². The summed E-state index contributed by atoms with van der Waals surface area (Å²) in [5.41, 5.74) is 0.675. The van der Waals surface area contributed by atoms with Gasteiger partial charge in [0.15, 0.2) is 9.84 Å². The van der Waals surface area contributed by atoms with Gasteiger partial charge >= 0.3 is 5.97 Å². The third kappa shape index (κ3) is 3.82. The monoisotopic (exact) mass is 362 g/mol. The maximum atomic E-state index is 12.0. The zero-order valence-electron chi connectivity index (χ0n) is 11.8. The predicted octanol–water partition coefficient (Wildman–Crippen LogP) is 3.84. The number of carboxylic acid groups (broad SMARTS) is 1. The van der Waals surface area contributed by atoms with Gasteiger partial charge in [-0.15, -0.1) is 0 Å². The van der Waals surface area contributed by atoms with Gasteiger partial charge in [-0.2, -0.15) is 0 Å². The maximum absolute atomic E-state index is 12.0. The van der Waals surface area contributed by atoms with Gasteiger partial charge < -0.3 is 5.11 Å². The Morgan fingerprint density at radius 3 is 2.35 bits per heavy atom. The average molecular weight is 363 g/mol. The number of hydrogen-bond acceptors (Lipinski definition) is 3. The minimum absolute atomic E-state index is 0.0273. The van der Waals surface area contributed by atoms with E-state index in [-0.39, 0.29) is 16.4 Å². The molecule has 0 saturated heterocycles. The Labute approximate surface area is 128 Å². The molecular formula is C14H19BrO4S. The summed E-state index contributed by atoms with van der Waals surface area (Å²) >= 11 is 3.22. The van der Waals surface area contributed by atoms with Crippen molar-refractivity contribution >= 4 is 31.7 Å². The van der Waals surface area contributed by atoms with Crippen LogP contribution < -0.4 is 0 Å². The van der Waals surface area contributed by atoms with Gasteiger partial charge in [-0.1, -0.05) is 20.3 Å². The highest BCUT2D eigenvalue weighted by molar-refractivity contribution is 9.10. The van der Waals surface area contributed by atoms with E-state index in [1.807, 2.05) is 13.8 Å². The lowest BCUT2D eigenvalue weighted by molar-refractivity contribution is 0.0695. The van der Waals surface area contributed by atoms with Crippen LogP contribution in [-0.4, -0.2) is 25.7 Å². The summed E-state index contributed by atoms with van der Waals surface area (Å²) in [5, 5.41) is 9.12. The molecule has 0 aliphatic heterocycles. The van der Waals surface area contributed by atoms with E-state index in [2.05, 4.69) is 15.9 Å². The average Bonchev–Trinajstić information content (AvgIpc) is 2.33. The Morgan fingerprint density at radius 1 is 1.35 bits per heavy atom. The number of halogens is 1.